The Morgan fingerprint density at radius 2 is 1.77 bits per heavy atom. The number of amides is 2. The van der Waals surface area contributed by atoms with E-state index in [1.165, 1.54) is 24.4 Å². The maximum Gasteiger partial charge on any atom is 0.270 e. The number of hydrogen-bond acceptors (Lipinski definition) is 6. The van der Waals surface area contributed by atoms with Crippen LogP contribution in [0.25, 0.3) is 11.3 Å². The molecule has 5 aliphatic rings. The number of halogens is 1. The number of hydrazone groups is 1. The highest BCUT2D eigenvalue weighted by atomic mass is 35.5. The number of furan rings is 1. The van der Waals surface area contributed by atoms with Crippen molar-refractivity contribution in [3.05, 3.63) is 63.4 Å². The van der Waals surface area contributed by atoms with Crippen LogP contribution in [0.4, 0.5) is 5.69 Å². The summed E-state index contributed by atoms with van der Waals surface area (Å²) in [6, 6.07) is 7.39. The molecular formula is C22H16ClN3O5. The van der Waals surface area contributed by atoms with E-state index in [9.17, 15) is 19.7 Å². The monoisotopic (exact) mass is 437 g/mol. The van der Waals surface area contributed by atoms with E-state index >= 15 is 0 Å². The Morgan fingerprint density at radius 1 is 1.10 bits per heavy atom. The van der Waals surface area contributed by atoms with Gasteiger partial charge in [-0.3, -0.25) is 19.7 Å². The summed E-state index contributed by atoms with van der Waals surface area (Å²) in [6.07, 6.45) is 6.68. The highest BCUT2D eigenvalue weighted by Gasteiger charge is 2.67. The van der Waals surface area contributed by atoms with Crippen molar-refractivity contribution >= 4 is 35.3 Å². The van der Waals surface area contributed by atoms with Crippen molar-refractivity contribution in [2.45, 2.75) is 6.42 Å². The fourth-order valence-corrected chi connectivity index (χ4v) is 5.82. The molecule has 1 saturated heterocycles. The van der Waals surface area contributed by atoms with Gasteiger partial charge in [0.15, 0.2) is 0 Å². The Hall–Kier alpha value is -3.26. The highest BCUT2D eigenvalue weighted by molar-refractivity contribution is 6.33. The molecule has 4 aliphatic carbocycles. The number of nitro groups is 1. The van der Waals surface area contributed by atoms with E-state index in [1.807, 2.05) is 0 Å². The number of non-ortho nitro benzene ring substituents is 1. The zero-order valence-electron chi connectivity index (χ0n) is 16.1. The van der Waals surface area contributed by atoms with Gasteiger partial charge >= 0.3 is 0 Å². The first-order valence-corrected chi connectivity index (χ1v) is 10.5. The van der Waals surface area contributed by atoms with Crippen molar-refractivity contribution in [1.29, 1.82) is 0 Å². The molecule has 2 amide bonds. The fraction of sp³-hybridized carbons (Fsp3) is 0.318. The van der Waals surface area contributed by atoms with Crippen LogP contribution in [0.1, 0.15) is 12.2 Å². The normalized spacial score (nSPS) is 32.6. The van der Waals surface area contributed by atoms with E-state index in [0.717, 1.165) is 11.4 Å². The Kier molecular flexibility index (Phi) is 3.80. The number of benzene rings is 1. The molecule has 1 aromatic carbocycles. The predicted octanol–water partition coefficient (Wildman–Crippen LogP) is 3.90. The lowest BCUT2D eigenvalue weighted by molar-refractivity contribution is -0.384. The molecule has 0 unspecified atom stereocenters. The molecule has 3 fully saturated rings. The molecule has 2 saturated carbocycles. The number of imide groups is 1. The molecule has 6 atom stereocenters. The summed E-state index contributed by atoms with van der Waals surface area (Å²) in [5.74, 6) is 1.05. The lowest BCUT2D eigenvalue weighted by Gasteiger charge is -2.37. The van der Waals surface area contributed by atoms with Crippen molar-refractivity contribution in [2.75, 3.05) is 0 Å². The van der Waals surface area contributed by atoms with Crippen LogP contribution in [0.3, 0.4) is 0 Å². The van der Waals surface area contributed by atoms with Gasteiger partial charge in [0.1, 0.15) is 11.5 Å². The Balaban J connectivity index is 1.23. The minimum atomic E-state index is -0.525. The largest absolute Gasteiger partial charge is 0.455 e. The highest BCUT2D eigenvalue weighted by Crippen LogP contribution is 2.65. The van der Waals surface area contributed by atoms with Gasteiger partial charge in [-0.05, 0) is 48.3 Å². The summed E-state index contributed by atoms with van der Waals surface area (Å²) < 4.78 is 5.71. The van der Waals surface area contributed by atoms with Crippen LogP contribution >= 0.6 is 11.6 Å². The number of allylic oxidation sites excluding steroid dienone is 2. The Labute approximate surface area is 181 Å². The second-order valence-electron chi connectivity index (χ2n) is 8.51. The van der Waals surface area contributed by atoms with Crippen LogP contribution in [-0.2, 0) is 9.59 Å². The van der Waals surface area contributed by atoms with Crippen molar-refractivity contribution in [3.8, 4) is 11.3 Å². The quantitative estimate of drug-likeness (QED) is 0.237. The minimum Gasteiger partial charge on any atom is -0.455 e. The van der Waals surface area contributed by atoms with Crippen molar-refractivity contribution in [2.24, 2.45) is 40.6 Å². The second kappa shape index (κ2) is 6.37. The van der Waals surface area contributed by atoms with Crippen LogP contribution in [0.15, 0.2) is 52.0 Å². The van der Waals surface area contributed by atoms with E-state index in [0.29, 0.717) is 28.9 Å². The van der Waals surface area contributed by atoms with Gasteiger partial charge in [0, 0.05) is 17.7 Å². The average Bonchev–Trinajstić information content (AvgIpc) is 3.40. The van der Waals surface area contributed by atoms with E-state index in [1.54, 1.807) is 12.1 Å². The molecule has 9 heteroatoms. The van der Waals surface area contributed by atoms with Crippen LogP contribution < -0.4 is 0 Å². The van der Waals surface area contributed by atoms with Gasteiger partial charge in [0.05, 0.1) is 28.0 Å². The van der Waals surface area contributed by atoms with E-state index < -0.39 is 4.92 Å². The summed E-state index contributed by atoms with van der Waals surface area (Å²) in [6.45, 7) is 0. The molecule has 7 rings (SSSR count). The topological polar surface area (TPSA) is 106 Å². The lowest BCUT2D eigenvalue weighted by Crippen LogP contribution is -2.40. The zero-order valence-corrected chi connectivity index (χ0v) is 16.8. The third kappa shape index (κ3) is 2.64. The lowest BCUT2D eigenvalue weighted by atomic mass is 9.63. The van der Waals surface area contributed by atoms with Gasteiger partial charge in [0.25, 0.3) is 17.5 Å². The number of nitro benzene ring substituents is 1. The summed E-state index contributed by atoms with van der Waals surface area (Å²) in [5, 5.41) is 16.2. The van der Waals surface area contributed by atoms with E-state index in [2.05, 4.69) is 17.3 Å². The number of carbonyl (C=O) groups is 2. The van der Waals surface area contributed by atoms with Crippen LogP contribution in [0, 0.1) is 45.6 Å². The molecule has 8 nitrogen and oxygen atoms in total. The molecule has 2 bridgehead atoms. The van der Waals surface area contributed by atoms with Crippen LogP contribution in [0.5, 0.6) is 0 Å². The molecule has 0 N–H and O–H groups in total. The third-order valence-electron chi connectivity index (χ3n) is 7.00. The zero-order chi connectivity index (χ0) is 21.4. The molecule has 1 aromatic heterocycles. The van der Waals surface area contributed by atoms with Crippen molar-refractivity contribution in [3.63, 3.8) is 0 Å². The third-order valence-corrected chi connectivity index (χ3v) is 7.31. The summed E-state index contributed by atoms with van der Waals surface area (Å²) in [5.41, 5.74) is 0.379. The first kappa shape index (κ1) is 18.5. The van der Waals surface area contributed by atoms with Gasteiger partial charge in [-0.15, -0.1) is 0 Å². The van der Waals surface area contributed by atoms with E-state index in [4.69, 9.17) is 16.0 Å². The minimum absolute atomic E-state index is 0.115. The van der Waals surface area contributed by atoms with Gasteiger partial charge in [-0.25, -0.2) is 0 Å². The Bertz CT molecular complexity index is 1180. The molecule has 31 heavy (non-hydrogen) atoms. The molecule has 0 spiro atoms. The molecule has 2 aromatic rings. The SMILES string of the molecule is O=C1[C@@H]2[C@H]3C=C[C@@H]([C@@H]4C[C@@H]34)[C@@H]2C(=O)N1/N=C\c1ccc(-c2ccc([N+](=O)[O-])cc2Cl)o1. The average molecular weight is 438 g/mol. The van der Waals surface area contributed by atoms with Crippen molar-refractivity contribution < 1.29 is 18.9 Å². The maximum atomic E-state index is 12.9. The molecule has 2 heterocycles. The maximum absolute atomic E-state index is 12.9. The molecule has 156 valence electrons. The molecule has 1 aliphatic heterocycles. The van der Waals surface area contributed by atoms with Crippen LogP contribution in [-0.4, -0.2) is 28.0 Å². The van der Waals surface area contributed by atoms with Crippen LogP contribution in [0.2, 0.25) is 5.02 Å². The second-order valence-corrected chi connectivity index (χ2v) is 8.92. The Morgan fingerprint density at radius 3 is 2.39 bits per heavy atom. The standard InChI is InChI=1S/C22H16ClN3O5/c23-17-7-10(26(29)30)1-3-14(17)18-6-2-11(31-18)9-24-25-21(27)19-12-4-5-13(16-8-15(12)16)20(19)22(25)28/h1-7,9,12-13,15-16,19-20H,8H2/b24-9-/t12-,13-,15-,16-,19-,20+/m0/s1. The van der Waals surface area contributed by atoms with Gasteiger partial charge in [-0.1, -0.05) is 23.8 Å². The summed E-state index contributed by atoms with van der Waals surface area (Å²) in [4.78, 5) is 36.2. The first-order valence-electron chi connectivity index (χ1n) is 10.1. The van der Waals surface area contributed by atoms with Gasteiger partial charge < -0.3 is 4.42 Å². The fourth-order valence-electron chi connectivity index (χ4n) is 5.55. The molecular weight excluding hydrogens is 422 g/mol. The van der Waals surface area contributed by atoms with Crippen molar-refractivity contribution in [1.82, 2.24) is 5.01 Å². The predicted molar refractivity (Wildman–Crippen MR) is 110 cm³/mol. The first-order chi connectivity index (χ1) is 14.9. The number of hydrogen-bond donors (Lipinski definition) is 0. The van der Waals surface area contributed by atoms with Gasteiger partial charge in [-0.2, -0.15) is 10.1 Å². The summed E-state index contributed by atoms with van der Waals surface area (Å²) >= 11 is 6.15. The number of carbonyl (C=O) groups excluding carboxylic acids is 2. The van der Waals surface area contributed by atoms with E-state index in [-0.39, 0.29) is 46.2 Å². The summed E-state index contributed by atoms with van der Waals surface area (Å²) in [7, 11) is 0. The molecule has 0 radical (unpaired) electrons. The number of rotatable bonds is 4. The van der Waals surface area contributed by atoms with Gasteiger partial charge in [0.2, 0.25) is 0 Å². The smallest absolute Gasteiger partial charge is 0.270 e. The number of nitrogens with zero attached hydrogens (tertiary/aromatic N) is 3.